The van der Waals surface area contributed by atoms with Crippen LogP contribution in [-0.4, -0.2) is 21.9 Å². The smallest absolute Gasteiger partial charge is 0.245 e. The number of carbonyl (C=O) groups is 1. The molecule has 4 rings (SSSR count). The Bertz CT molecular complexity index is 1070. The normalized spacial score (nSPS) is 19.1. The highest BCUT2D eigenvalue weighted by Gasteiger charge is 2.45. The first-order valence-corrected chi connectivity index (χ1v) is 8.76. The fraction of sp³-hybridized carbons (Fsp3) is 0.182. The lowest BCUT2D eigenvalue weighted by Crippen LogP contribution is -2.41. The van der Waals surface area contributed by atoms with Gasteiger partial charge in [0.05, 0.1) is 5.56 Å². The molecule has 5 nitrogen and oxygen atoms in total. The minimum absolute atomic E-state index is 0.0594. The lowest BCUT2D eigenvalue weighted by Gasteiger charge is -2.31. The van der Waals surface area contributed by atoms with Gasteiger partial charge in [0, 0.05) is 19.4 Å². The highest BCUT2D eigenvalue weighted by atomic mass is 16.6. The van der Waals surface area contributed by atoms with Gasteiger partial charge in [-0.1, -0.05) is 54.1 Å². The van der Waals surface area contributed by atoms with Gasteiger partial charge in [-0.05, 0) is 29.8 Å². The predicted molar refractivity (Wildman–Crippen MR) is 104 cm³/mol. The van der Waals surface area contributed by atoms with Crippen LogP contribution >= 0.6 is 0 Å². The number of aromatic hydroxyl groups is 1. The number of nitrogens with zero attached hydrogens (tertiary/aromatic N) is 2. The molecule has 5 heteroatoms. The summed E-state index contributed by atoms with van der Waals surface area (Å²) in [7, 11) is 0. The van der Waals surface area contributed by atoms with Gasteiger partial charge in [-0.25, -0.2) is 0 Å². The molecule has 1 amide bonds. The molecule has 3 aromatic rings. The standard InChI is InChI=1S/C22H20N2O3/c1-14-8-10-18(11-9-14)22(3)24(15(2)25)23-21(27-22)19-12-16-6-4-5-7-17(16)13-20(19)26/h4-13,26H,1-3H3/t22-/m1/s1. The molecule has 0 spiro atoms. The molecule has 1 atom stereocenters. The van der Waals surface area contributed by atoms with Crippen LogP contribution in [0.3, 0.4) is 0 Å². The topological polar surface area (TPSA) is 62.1 Å². The third kappa shape index (κ3) is 2.81. The maximum absolute atomic E-state index is 12.3. The van der Waals surface area contributed by atoms with Gasteiger partial charge in [0.1, 0.15) is 5.75 Å². The number of phenols is 1. The molecule has 0 bridgehead atoms. The van der Waals surface area contributed by atoms with Crippen molar-refractivity contribution in [2.75, 3.05) is 0 Å². The molecular weight excluding hydrogens is 340 g/mol. The number of carbonyl (C=O) groups excluding carboxylic acids is 1. The van der Waals surface area contributed by atoms with E-state index in [0.717, 1.165) is 21.9 Å². The van der Waals surface area contributed by atoms with E-state index in [9.17, 15) is 9.90 Å². The maximum atomic E-state index is 12.3. The third-order valence-electron chi connectivity index (χ3n) is 4.87. The summed E-state index contributed by atoms with van der Waals surface area (Å²) in [5.74, 6) is 0.0361. The minimum atomic E-state index is -1.08. The van der Waals surface area contributed by atoms with Gasteiger partial charge >= 0.3 is 0 Å². The summed E-state index contributed by atoms with van der Waals surface area (Å²) in [6.45, 7) is 5.25. The lowest BCUT2D eigenvalue weighted by molar-refractivity contribution is -0.146. The van der Waals surface area contributed by atoms with E-state index in [0.29, 0.717) is 5.56 Å². The van der Waals surface area contributed by atoms with Crippen molar-refractivity contribution in [2.45, 2.75) is 26.5 Å². The fourth-order valence-corrected chi connectivity index (χ4v) is 3.36. The largest absolute Gasteiger partial charge is 0.507 e. The van der Waals surface area contributed by atoms with Gasteiger partial charge < -0.3 is 9.84 Å². The number of fused-ring (bicyclic) bond motifs is 1. The molecule has 0 radical (unpaired) electrons. The Morgan fingerprint density at radius 2 is 1.70 bits per heavy atom. The van der Waals surface area contributed by atoms with Crippen molar-refractivity contribution in [1.29, 1.82) is 0 Å². The number of amides is 1. The molecule has 3 aromatic carbocycles. The van der Waals surface area contributed by atoms with Gasteiger partial charge in [-0.3, -0.25) is 4.79 Å². The van der Waals surface area contributed by atoms with Crippen molar-refractivity contribution < 1.29 is 14.6 Å². The van der Waals surface area contributed by atoms with E-state index in [1.54, 1.807) is 13.0 Å². The second kappa shape index (κ2) is 6.13. The van der Waals surface area contributed by atoms with Crippen LogP contribution in [0.5, 0.6) is 5.75 Å². The summed E-state index contributed by atoms with van der Waals surface area (Å²) < 4.78 is 6.16. The molecular formula is C22H20N2O3. The fourth-order valence-electron chi connectivity index (χ4n) is 3.36. The number of hydrogen-bond donors (Lipinski definition) is 1. The number of rotatable bonds is 2. The summed E-state index contributed by atoms with van der Waals surface area (Å²) in [5, 5.41) is 18.1. The van der Waals surface area contributed by atoms with Crippen LogP contribution < -0.4 is 0 Å². The van der Waals surface area contributed by atoms with E-state index in [-0.39, 0.29) is 17.6 Å². The molecule has 0 aromatic heterocycles. The second-order valence-electron chi connectivity index (χ2n) is 6.90. The van der Waals surface area contributed by atoms with E-state index < -0.39 is 5.72 Å². The Morgan fingerprint density at radius 3 is 2.33 bits per heavy atom. The van der Waals surface area contributed by atoms with Crippen molar-refractivity contribution in [3.63, 3.8) is 0 Å². The van der Waals surface area contributed by atoms with Crippen molar-refractivity contribution in [3.05, 3.63) is 77.4 Å². The highest BCUT2D eigenvalue weighted by Crippen LogP contribution is 2.38. The van der Waals surface area contributed by atoms with Gasteiger partial charge in [-0.2, -0.15) is 5.01 Å². The highest BCUT2D eigenvalue weighted by molar-refractivity contribution is 6.03. The van der Waals surface area contributed by atoms with Crippen LogP contribution in [0, 0.1) is 6.92 Å². The van der Waals surface area contributed by atoms with E-state index >= 15 is 0 Å². The predicted octanol–water partition coefficient (Wildman–Crippen LogP) is 4.27. The second-order valence-corrected chi connectivity index (χ2v) is 6.90. The third-order valence-corrected chi connectivity index (χ3v) is 4.87. The van der Waals surface area contributed by atoms with E-state index in [1.165, 1.54) is 11.9 Å². The van der Waals surface area contributed by atoms with Crippen molar-refractivity contribution in [3.8, 4) is 5.75 Å². The molecule has 27 heavy (non-hydrogen) atoms. The molecule has 0 saturated carbocycles. The van der Waals surface area contributed by atoms with Crippen LogP contribution in [0.15, 0.2) is 65.8 Å². The van der Waals surface area contributed by atoms with Crippen molar-refractivity contribution >= 4 is 22.6 Å². The SMILES string of the molecule is CC(=O)N1N=C(c2cc3ccccc3cc2O)O[C@]1(C)c1ccc(C)cc1. The molecule has 1 aliphatic rings. The number of phenolic OH excluding ortho intramolecular Hbond substituents is 1. The maximum Gasteiger partial charge on any atom is 0.245 e. The number of benzene rings is 3. The number of ether oxygens (including phenoxy) is 1. The molecule has 136 valence electrons. The molecule has 1 N–H and O–H groups in total. The van der Waals surface area contributed by atoms with E-state index in [1.807, 2.05) is 61.5 Å². The van der Waals surface area contributed by atoms with Gasteiger partial charge in [0.25, 0.3) is 0 Å². The summed E-state index contributed by atoms with van der Waals surface area (Å²) in [4.78, 5) is 12.3. The zero-order valence-corrected chi connectivity index (χ0v) is 15.4. The van der Waals surface area contributed by atoms with Crippen LogP contribution in [0.2, 0.25) is 0 Å². The number of aryl methyl sites for hydroxylation is 1. The first kappa shape index (κ1) is 17.1. The first-order valence-electron chi connectivity index (χ1n) is 8.76. The summed E-state index contributed by atoms with van der Waals surface area (Å²) in [6.07, 6.45) is 0. The van der Waals surface area contributed by atoms with Crippen LogP contribution in [0.4, 0.5) is 0 Å². The van der Waals surface area contributed by atoms with Crippen molar-refractivity contribution in [1.82, 2.24) is 5.01 Å². The Labute approximate surface area is 157 Å². The molecule has 0 unspecified atom stereocenters. The Morgan fingerprint density at radius 1 is 1.07 bits per heavy atom. The van der Waals surface area contributed by atoms with Crippen LogP contribution in [0.25, 0.3) is 10.8 Å². The van der Waals surface area contributed by atoms with Gasteiger partial charge in [0.15, 0.2) is 0 Å². The van der Waals surface area contributed by atoms with Crippen molar-refractivity contribution in [2.24, 2.45) is 5.10 Å². The lowest BCUT2D eigenvalue weighted by atomic mass is 10.0. The monoisotopic (exact) mass is 360 g/mol. The average molecular weight is 360 g/mol. The van der Waals surface area contributed by atoms with E-state index in [2.05, 4.69) is 5.10 Å². The van der Waals surface area contributed by atoms with Crippen LogP contribution in [-0.2, 0) is 15.3 Å². The molecule has 1 aliphatic heterocycles. The molecule has 0 aliphatic carbocycles. The Balaban J connectivity index is 1.81. The molecule has 1 heterocycles. The summed E-state index contributed by atoms with van der Waals surface area (Å²) >= 11 is 0. The van der Waals surface area contributed by atoms with Crippen LogP contribution in [0.1, 0.15) is 30.5 Å². The van der Waals surface area contributed by atoms with Gasteiger partial charge in [0.2, 0.25) is 17.5 Å². The Hall–Kier alpha value is -3.34. The van der Waals surface area contributed by atoms with Gasteiger partial charge in [-0.15, -0.1) is 5.10 Å². The first-order chi connectivity index (χ1) is 12.9. The zero-order chi connectivity index (χ0) is 19.2. The summed E-state index contributed by atoms with van der Waals surface area (Å²) in [6, 6.07) is 19.0. The number of hydrogen-bond acceptors (Lipinski definition) is 4. The molecule has 0 fully saturated rings. The average Bonchev–Trinajstić information content (AvgIpc) is 3.00. The number of hydrazone groups is 1. The quantitative estimate of drug-likeness (QED) is 0.742. The zero-order valence-electron chi connectivity index (χ0n) is 15.4. The molecule has 0 saturated heterocycles. The van der Waals surface area contributed by atoms with E-state index in [4.69, 9.17) is 4.74 Å². The minimum Gasteiger partial charge on any atom is -0.507 e. The Kier molecular flexibility index (Phi) is 3.88. The summed E-state index contributed by atoms with van der Waals surface area (Å²) in [5.41, 5.74) is 1.30.